The molecular formula is C9H16N6O2. The molecule has 1 aromatic heterocycles. The summed E-state index contributed by atoms with van der Waals surface area (Å²) < 4.78 is 0. The maximum Gasteiger partial charge on any atom is 0.309 e. The molecule has 0 aliphatic rings. The van der Waals surface area contributed by atoms with Crippen molar-refractivity contribution in [1.29, 1.82) is 0 Å². The van der Waals surface area contributed by atoms with Crippen molar-refractivity contribution in [2.45, 2.75) is 12.8 Å². The van der Waals surface area contributed by atoms with Crippen LogP contribution in [-0.2, 0) is 16.0 Å². The van der Waals surface area contributed by atoms with Crippen molar-refractivity contribution >= 4 is 11.8 Å². The quantitative estimate of drug-likeness (QED) is 0.335. The average molecular weight is 240 g/mol. The van der Waals surface area contributed by atoms with Gasteiger partial charge < -0.3 is 16.4 Å². The third kappa shape index (κ3) is 5.07. The number of rotatable bonds is 6. The Balaban J connectivity index is 2.09. The Labute approximate surface area is 98.4 Å². The molecule has 94 valence electrons. The average Bonchev–Trinajstić information content (AvgIpc) is 2.84. The SMILES string of the molecule is NCCNC(=O)C(=O)NCCCc1ncn[nH]1. The number of nitrogens with zero attached hydrogens (tertiary/aromatic N) is 2. The summed E-state index contributed by atoms with van der Waals surface area (Å²) in [5.74, 6) is -0.544. The van der Waals surface area contributed by atoms with Gasteiger partial charge in [-0.05, 0) is 6.42 Å². The summed E-state index contributed by atoms with van der Waals surface area (Å²) in [6.45, 7) is 1.02. The van der Waals surface area contributed by atoms with Gasteiger partial charge in [0.25, 0.3) is 0 Å². The molecule has 0 unspecified atom stereocenters. The number of hydrogen-bond acceptors (Lipinski definition) is 5. The molecule has 0 radical (unpaired) electrons. The van der Waals surface area contributed by atoms with Crippen LogP contribution in [0.25, 0.3) is 0 Å². The van der Waals surface area contributed by atoms with Crippen molar-refractivity contribution in [3.05, 3.63) is 12.2 Å². The number of aromatic amines is 1. The molecule has 0 atom stereocenters. The fourth-order valence-electron chi connectivity index (χ4n) is 1.16. The van der Waals surface area contributed by atoms with Crippen molar-refractivity contribution in [2.24, 2.45) is 5.73 Å². The highest BCUT2D eigenvalue weighted by Crippen LogP contribution is 1.91. The Morgan fingerprint density at radius 2 is 2.00 bits per heavy atom. The van der Waals surface area contributed by atoms with E-state index >= 15 is 0 Å². The summed E-state index contributed by atoms with van der Waals surface area (Å²) in [5, 5.41) is 11.3. The first kappa shape index (κ1) is 13.1. The van der Waals surface area contributed by atoms with Crippen molar-refractivity contribution in [2.75, 3.05) is 19.6 Å². The Kier molecular flexibility index (Phi) is 5.66. The van der Waals surface area contributed by atoms with Crippen LogP contribution in [0.3, 0.4) is 0 Å². The summed E-state index contributed by atoms with van der Waals surface area (Å²) in [7, 11) is 0. The highest BCUT2D eigenvalue weighted by molar-refractivity contribution is 6.35. The van der Waals surface area contributed by atoms with Gasteiger partial charge in [-0.2, -0.15) is 5.10 Å². The lowest BCUT2D eigenvalue weighted by Crippen LogP contribution is -2.42. The predicted molar refractivity (Wildman–Crippen MR) is 59.8 cm³/mol. The Morgan fingerprint density at radius 1 is 1.29 bits per heavy atom. The molecule has 0 saturated carbocycles. The van der Waals surface area contributed by atoms with Crippen LogP contribution >= 0.6 is 0 Å². The van der Waals surface area contributed by atoms with Crippen LogP contribution in [0.5, 0.6) is 0 Å². The summed E-state index contributed by atoms with van der Waals surface area (Å²) in [6, 6.07) is 0. The van der Waals surface area contributed by atoms with E-state index in [-0.39, 0.29) is 0 Å². The minimum atomic E-state index is -0.657. The second-order valence-corrected chi connectivity index (χ2v) is 3.34. The van der Waals surface area contributed by atoms with E-state index in [1.807, 2.05) is 0 Å². The van der Waals surface area contributed by atoms with E-state index in [9.17, 15) is 9.59 Å². The summed E-state index contributed by atoms with van der Waals surface area (Å²) in [6.07, 6.45) is 2.78. The molecule has 8 nitrogen and oxygen atoms in total. The fraction of sp³-hybridized carbons (Fsp3) is 0.556. The van der Waals surface area contributed by atoms with Gasteiger partial charge in [-0.15, -0.1) is 0 Å². The Morgan fingerprint density at radius 3 is 2.59 bits per heavy atom. The maximum atomic E-state index is 11.2. The molecule has 0 saturated heterocycles. The van der Waals surface area contributed by atoms with E-state index in [0.717, 1.165) is 5.82 Å². The molecule has 0 fully saturated rings. The smallest absolute Gasteiger partial charge is 0.309 e. The molecule has 0 spiro atoms. The van der Waals surface area contributed by atoms with Crippen LogP contribution in [0.15, 0.2) is 6.33 Å². The molecular weight excluding hydrogens is 224 g/mol. The van der Waals surface area contributed by atoms with Crippen molar-refractivity contribution < 1.29 is 9.59 Å². The summed E-state index contributed by atoms with van der Waals surface area (Å²) in [4.78, 5) is 26.3. The first-order valence-corrected chi connectivity index (χ1v) is 5.34. The van der Waals surface area contributed by atoms with Gasteiger partial charge in [-0.1, -0.05) is 0 Å². The second-order valence-electron chi connectivity index (χ2n) is 3.34. The van der Waals surface area contributed by atoms with Gasteiger partial charge >= 0.3 is 11.8 Å². The standard InChI is InChI=1S/C9H16N6O2/c10-3-5-12-9(17)8(16)11-4-1-2-7-13-6-14-15-7/h6H,1-5,10H2,(H,11,16)(H,12,17)(H,13,14,15). The summed E-state index contributed by atoms with van der Waals surface area (Å²) >= 11 is 0. The minimum absolute atomic E-state index is 0.296. The zero-order chi connectivity index (χ0) is 12.5. The first-order chi connectivity index (χ1) is 8.24. The number of hydrogen-bond donors (Lipinski definition) is 4. The van der Waals surface area contributed by atoms with E-state index in [4.69, 9.17) is 5.73 Å². The fourth-order valence-corrected chi connectivity index (χ4v) is 1.16. The van der Waals surface area contributed by atoms with Crippen molar-refractivity contribution in [3.8, 4) is 0 Å². The lowest BCUT2D eigenvalue weighted by atomic mass is 10.3. The number of carbonyl (C=O) groups is 2. The normalized spacial score (nSPS) is 9.94. The highest BCUT2D eigenvalue weighted by atomic mass is 16.2. The number of nitrogens with one attached hydrogen (secondary N) is 3. The van der Waals surface area contributed by atoms with Crippen LogP contribution in [0.4, 0.5) is 0 Å². The van der Waals surface area contributed by atoms with Crippen molar-refractivity contribution in [1.82, 2.24) is 25.8 Å². The third-order valence-corrected chi connectivity index (χ3v) is 1.98. The first-order valence-electron chi connectivity index (χ1n) is 5.34. The molecule has 0 aliphatic heterocycles. The lowest BCUT2D eigenvalue weighted by molar-refractivity contribution is -0.139. The minimum Gasteiger partial charge on any atom is -0.348 e. The van der Waals surface area contributed by atoms with Gasteiger partial charge in [0.05, 0.1) is 0 Å². The van der Waals surface area contributed by atoms with Gasteiger partial charge in [-0.3, -0.25) is 14.7 Å². The van der Waals surface area contributed by atoms with Gasteiger partial charge in [0.15, 0.2) is 0 Å². The largest absolute Gasteiger partial charge is 0.348 e. The zero-order valence-electron chi connectivity index (χ0n) is 9.40. The molecule has 1 heterocycles. The number of nitrogens with two attached hydrogens (primary N) is 1. The molecule has 1 aromatic rings. The third-order valence-electron chi connectivity index (χ3n) is 1.98. The molecule has 2 amide bonds. The summed E-state index contributed by atoms with van der Waals surface area (Å²) in [5.41, 5.74) is 5.19. The van der Waals surface area contributed by atoms with E-state index in [0.29, 0.717) is 32.5 Å². The lowest BCUT2D eigenvalue weighted by Gasteiger charge is -2.04. The van der Waals surface area contributed by atoms with Crippen LogP contribution in [-0.4, -0.2) is 46.6 Å². The van der Waals surface area contributed by atoms with E-state index in [1.54, 1.807) is 0 Å². The topological polar surface area (TPSA) is 126 Å². The Hall–Kier alpha value is -1.96. The van der Waals surface area contributed by atoms with Crippen LogP contribution < -0.4 is 16.4 Å². The molecule has 0 aliphatic carbocycles. The van der Waals surface area contributed by atoms with Gasteiger partial charge in [0, 0.05) is 26.1 Å². The maximum absolute atomic E-state index is 11.2. The van der Waals surface area contributed by atoms with Crippen LogP contribution in [0.2, 0.25) is 0 Å². The number of H-pyrrole nitrogens is 1. The molecule has 0 bridgehead atoms. The van der Waals surface area contributed by atoms with E-state index in [1.165, 1.54) is 6.33 Å². The van der Waals surface area contributed by atoms with Gasteiger partial charge in [-0.25, -0.2) is 4.98 Å². The zero-order valence-corrected chi connectivity index (χ0v) is 9.40. The van der Waals surface area contributed by atoms with Crippen LogP contribution in [0.1, 0.15) is 12.2 Å². The van der Waals surface area contributed by atoms with Crippen molar-refractivity contribution in [3.63, 3.8) is 0 Å². The monoisotopic (exact) mass is 240 g/mol. The molecule has 8 heteroatoms. The predicted octanol–water partition coefficient (Wildman–Crippen LogP) is -2.07. The van der Waals surface area contributed by atoms with Gasteiger partial charge in [0.1, 0.15) is 12.2 Å². The Bertz CT molecular complexity index is 350. The number of amides is 2. The molecule has 1 rings (SSSR count). The molecule has 17 heavy (non-hydrogen) atoms. The number of carbonyl (C=O) groups excluding carboxylic acids is 2. The van der Waals surface area contributed by atoms with Crippen LogP contribution in [0, 0.1) is 0 Å². The number of aryl methyl sites for hydroxylation is 1. The molecule has 5 N–H and O–H groups in total. The van der Waals surface area contributed by atoms with E-state index < -0.39 is 11.8 Å². The molecule has 0 aromatic carbocycles. The highest BCUT2D eigenvalue weighted by Gasteiger charge is 2.11. The van der Waals surface area contributed by atoms with E-state index in [2.05, 4.69) is 25.8 Å². The van der Waals surface area contributed by atoms with Gasteiger partial charge in [0.2, 0.25) is 0 Å². The number of aromatic nitrogens is 3. The second kappa shape index (κ2) is 7.34.